The number of aromatic nitrogens is 2. The number of rotatable bonds is 3. The van der Waals surface area contributed by atoms with E-state index in [0.717, 1.165) is 31.4 Å². The molecule has 6 heteroatoms. The molecule has 0 spiro atoms. The number of hydrogen-bond acceptors (Lipinski definition) is 3. The minimum atomic E-state index is -0.893. The fraction of sp³-hybridized carbons (Fsp3) is 0.421. The molecular weight excluding hydrogens is 318 g/mol. The van der Waals surface area contributed by atoms with Crippen LogP contribution in [0.25, 0.3) is 5.69 Å². The van der Waals surface area contributed by atoms with E-state index in [4.69, 9.17) is 0 Å². The van der Waals surface area contributed by atoms with E-state index < -0.39 is 12.0 Å². The van der Waals surface area contributed by atoms with E-state index in [9.17, 15) is 14.7 Å². The molecular formula is C19H21N3O3. The number of carbonyl (C=O) groups excluding carboxylic acids is 1. The van der Waals surface area contributed by atoms with Crippen LogP contribution in [0.1, 0.15) is 42.5 Å². The van der Waals surface area contributed by atoms with Gasteiger partial charge in [0.2, 0.25) is 0 Å². The molecule has 2 aromatic rings. The maximum Gasteiger partial charge on any atom is 0.326 e. The topological polar surface area (TPSA) is 75.4 Å². The molecule has 2 heterocycles. The zero-order valence-electron chi connectivity index (χ0n) is 13.9. The average Bonchev–Trinajstić information content (AvgIpc) is 3.29. The molecule has 2 aliphatic rings. The fourth-order valence-electron chi connectivity index (χ4n) is 4.30. The Morgan fingerprint density at radius 2 is 1.88 bits per heavy atom. The minimum Gasteiger partial charge on any atom is -0.480 e. The van der Waals surface area contributed by atoms with Crippen LogP contribution in [0.4, 0.5) is 0 Å². The number of benzene rings is 1. The highest BCUT2D eigenvalue weighted by Gasteiger charge is 2.47. The summed E-state index contributed by atoms with van der Waals surface area (Å²) < 4.78 is 1.72. The third-order valence-corrected chi connectivity index (χ3v) is 5.49. The van der Waals surface area contributed by atoms with Crippen molar-refractivity contribution in [3.05, 3.63) is 48.3 Å². The number of carbonyl (C=O) groups is 2. The first-order chi connectivity index (χ1) is 12.1. The van der Waals surface area contributed by atoms with Crippen LogP contribution in [0.15, 0.2) is 42.7 Å². The van der Waals surface area contributed by atoms with Gasteiger partial charge in [0.1, 0.15) is 6.04 Å². The van der Waals surface area contributed by atoms with Crippen molar-refractivity contribution < 1.29 is 14.7 Å². The van der Waals surface area contributed by atoms with Crippen LogP contribution in [0.5, 0.6) is 0 Å². The summed E-state index contributed by atoms with van der Waals surface area (Å²) in [4.78, 5) is 26.4. The fourth-order valence-corrected chi connectivity index (χ4v) is 4.30. The molecule has 0 bridgehead atoms. The number of carboxylic acids is 1. The summed E-state index contributed by atoms with van der Waals surface area (Å²) in [5, 5.41) is 13.8. The Kier molecular flexibility index (Phi) is 4.03. The van der Waals surface area contributed by atoms with Crippen LogP contribution in [-0.4, -0.2) is 43.7 Å². The summed E-state index contributed by atoms with van der Waals surface area (Å²) in [6.07, 6.45) is 8.25. The van der Waals surface area contributed by atoms with Crippen molar-refractivity contribution in [3.8, 4) is 5.69 Å². The van der Waals surface area contributed by atoms with E-state index in [1.54, 1.807) is 27.9 Å². The summed E-state index contributed by atoms with van der Waals surface area (Å²) in [6, 6.07) is 8.39. The SMILES string of the molecule is O=C(O)C1CC2CCCCC2N1C(=O)c1ccc(-n2cccn2)cc1. The third kappa shape index (κ3) is 2.81. The monoisotopic (exact) mass is 339 g/mol. The molecule has 1 aliphatic heterocycles. The van der Waals surface area contributed by atoms with Gasteiger partial charge in [0, 0.05) is 24.0 Å². The normalized spacial score (nSPS) is 25.6. The van der Waals surface area contributed by atoms with E-state index in [0.29, 0.717) is 17.9 Å². The molecule has 25 heavy (non-hydrogen) atoms. The zero-order chi connectivity index (χ0) is 17.4. The molecule has 2 fully saturated rings. The Bertz CT molecular complexity index is 770. The van der Waals surface area contributed by atoms with Gasteiger partial charge in [0.05, 0.1) is 5.69 Å². The first kappa shape index (κ1) is 15.9. The molecule has 1 saturated carbocycles. The second-order valence-corrected chi connectivity index (χ2v) is 6.91. The summed E-state index contributed by atoms with van der Waals surface area (Å²) in [5.74, 6) is -0.744. The second kappa shape index (κ2) is 6.35. The van der Waals surface area contributed by atoms with Crippen LogP contribution >= 0.6 is 0 Å². The summed E-state index contributed by atoms with van der Waals surface area (Å²) >= 11 is 0. The largest absolute Gasteiger partial charge is 0.480 e. The van der Waals surface area contributed by atoms with Crippen molar-refractivity contribution in [1.29, 1.82) is 0 Å². The molecule has 4 rings (SSSR count). The molecule has 3 atom stereocenters. The molecule has 1 aromatic heterocycles. The Hall–Kier alpha value is -2.63. The first-order valence-corrected chi connectivity index (χ1v) is 8.80. The maximum atomic E-state index is 13.1. The highest BCUT2D eigenvalue weighted by atomic mass is 16.4. The quantitative estimate of drug-likeness (QED) is 0.933. The molecule has 130 valence electrons. The van der Waals surface area contributed by atoms with Crippen molar-refractivity contribution in [1.82, 2.24) is 14.7 Å². The summed E-state index contributed by atoms with van der Waals surface area (Å²) in [5.41, 5.74) is 1.40. The van der Waals surface area contributed by atoms with Gasteiger partial charge in [-0.1, -0.05) is 12.8 Å². The maximum absolute atomic E-state index is 13.1. The Labute approximate surface area is 146 Å². The summed E-state index contributed by atoms with van der Waals surface area (Å²) in [7, 11) is 0. The number of hydrogen-bond donors (Lipinski definition) is 1. The average molecular weight is 339 g/mol. The van der Waals surface area contributed by atoms with Crippen LogP contribution in [0.3, 0.4) is 0 Å². The lowest BCUT2D eigenvalue weighted by Gasteiger charge is -2.33. The zero-order valence-corrected chi connectivity index (χ0v) is 13.9. The van der Waals surface area contributed by atoms with E-state index in [1.165, 1.54) is 0 Å². The van der Waals surface area contributed by atoms with Gasteiger partial charge in [-0.3, -0.25) is 4.79 Å². The van der Waals surface area contributed by atoms with Crippen molar-refractivity contribution in [2.24, 2.45) is 5.92 Å². The van der Waals surface area contributed by atoms with Crippen LogP contribution in [0, 0.1) is 5.92 Å². The van der Waals surface area contributed by atoms with Gasteiger partial charge in [0.25, 0.3) is 5.91 Å². The number of aliphatic carboxylic acids is 1. The minimum absolute atomic E-state index is 0.0631. The molecule has 6 nitrogen and oxygen atoms in total. The van der Waals surface area contributed by atoms with E-state index >= 15 is 0 Å². The first-order valence-electron chi connectivity index (χ1n) is 8.80. The molecule has 1 aromatic carbocycles. The molecule has 0 radical (unpaired) electrons. The van der Waals surface area contributed by atoms with Gasteiger partial charge in [-0.05, 0) is 55.5 Å². The van der Waals surface area contributed by atoms with Crippen molar-refractivity contribution in [2.45, 2.75) is 44.2 Å². The molecule has 1 saturated heterocycles. The number of amides is 1. The van der Waals surface area contributed by atoms with Crippen LogP contribution in [0.2, 0.25) is 0 Å². The standard InChI is InChI=1S/C19H21N3O3/c23-18(13-6-8-15(9-7-13)21-11-3-10-20-21)22-16-5-2-1-4-14(16)12-17(22)19(24)25/h3,6-11,14,16-17H,1-2,4-5,12H2,(H,24,25). The predicted molar refractivity (Wildman–Crippen MR) is 91.5 cm³/mol. The molecule has 1 amide bonds. The molecule has 1 aliphatic carbocycles. The Morgan fingerprint density at radius 1 is 1.12 bits per heavy atom. The lowest BCUT2D eigenvalue weighted by atomic mass is 9.84. The second-order valence-electron chi connectivity index (χ2n) is 6.91. The van der Waals surface area contributed by atoms with Gasteiger partial charge in [-0.15, -0.1) is 0 Å². The van der Waals surface area contributed by atoms with E-state index in [2.05, 4.69) is 5.10 Å². The Balaban J connectivity index is 1.61. The lowest BCUT2D eigenvalue weighted by molar-refractivity contribution is -0.141. The molecule has 3 unspecified atom stereocenters. The smallest absolute Gasteiger partial charge is 0.326 e. The number of carboxylic acid groups (broad SMARTS) is 1. The van der Waals surface area contributed by atoms with E-state index in [-0.39, 0.29) is 11.9 Å². The van der Waals surface area contributed by atoms with Crippen molar-refractivity contribution in [3.63, 3.8) is 0 Å². The van der Waals surface area contributed by atoms with E-state index in [1.807, 2.05) is 24.4 Å². The third-order valence-electron chi connectivity index (χ3n) is 5.49. The van der Waals surface area contributed by atoms with Gasteiger partial charge in [-0.25, -0.2) is 9.48 Å². The van der Waals surface area contributed by atoms with Crippen molar-refractivity contribution in [2.75, 3.05) is 0 Å². The van der Waals surface area contributed by atoms with Gasteiger partial charge in [0.15, 0.2) is 0 Å². The lowest BCUT2D eigenvalue weighted by Crippen LogP contribution is -2.46. The number of likely N-dealkylation sites (tertiary alicyclic amines) is 1. The number of nitrogens with zero attached hydrogens (tertiary/aromatic N) is 3. The Morgan fingerprint density at radius 3 is 2.56 bits per heavy atom. The highest BCUT2D eigenvalue weighted by Crippen LogP contribution is 2.40. The summed E-state index contributed by atoms with van der Waals surface area (Å²) in [6.45, 7) is 0. The van der Waals surface area contributed by atoms with Gasteiger partial charge < -0.3 is 10.0 Å². The highest BCUT2D eigenvalue weighted by molar-refractivity contribution is 5.97. The number of fused-ring (bicyclic) bond motifs is 1. The molecule has 1 N–H and O–H groups in total. The van der Waals surface area contributed by atoms with Crippen molar-refractivity contribution >= 4 is 11.9 Å². The van der Waals surface area contributed by atoms with Crippen LogP contribution < -0.4 is 0 Å². The van der Waals surface area contributed by atoms with Gasteiger partial charge >= 0.3 is 5.97 Å². The van der Waals surface area contributed by atoms with Crippen LogP contribution in [-0.2, 0) is 4.79 Å². The predicted octanol–water partition coefficient (Wildman–Crippen LogP) is 2.73. The van der Waals surface area contributed by atoms with Gasteiger partial charge in [-0.2, -0.15) is 5.10 Å².